The zero-order valence-corrected chi connectivity index (χ0v) is 16.5. The fourth-order valence-corrected chi connectivity index (χ4v) is 2.81. The van der Waals surface area contributed by atoms with Crippen molar-refractivity contribution in [1.82, 2.24) is 25.5 Å². The van der Waals surface area contributed by atoms with Crippen molar-refractivity contribution in [2.75, 3.05) is 27.2 Å². The topological polar surface area (TPSA) is 83.3 Å². The zero-order chi connectivity index (χ0) is 19.5. The number of rotatable bonds is 9. The van der Waals surface area contributed by atoms with Gasteiger partial charge in [-0.15, -0.1) is 0 Å². The smallest absolute Gasteiger partial charge is 0.251 e. The summed E-state index contributed by atoms with van der Waals surface area (Å²) in [5.41, 5.74) is 1.81. The Morgan fingerprint density at radius 3 is 2.74 bits per heavy atom. The first-order valence-electron chi connectivity index (χ1n) is 9.37. The molecule has 1 amide bonds. The summed E-state index contributed by atoms with van der Waals surface area (Å²) in [7, 11) is 3.42. The third-order valence-electron chi connectivity index (χ3n) is 4.39. The van der Waals surface area contributed by atoms with Crippen LogP contribution in [-0.2, 0) is 13.0 Å². The van der Waals surface area contributed by atoms with Gasteiger partial charge in [-0.25, -0.2) is 4.98 Å². The van der Waals surface area contributed by atoms with Crippen LogP contribution < -0.4 is 16.0 Å². The summed E-state index contributed by atoms with van der Waals surface area (Å²) >= 11 is 0. The first-order chi connectivity index (χ1) is 13.1. The van der Waals surface area contributed by atoms with E-state index < -0.39 is 0 Å². The van der Waals surface area contributed by atoms with Gasteiger partial charge in [-0.2, -0.15) is 0 Å². The summed E-state index contributed by atoms with van der Waals surface area (Å²) in [5, 5.41) is 9.30. The molecule has 0 fully saturated rings. The number of nitrogens with zero attached hydrogens (tertiary/aromatic N) is 3. The summed E-state index contributed by atoms with van der Waals surface area (Å²) < 4.78 is 2.17. The molecule has 0 atom stereocenters. The molecule has 1 aromatic carbocycles. The fourth-order valence-electron chi connectivity index (χ4n) is 2.81. The van der Waals surface area contributed by atoms with Gasteiger partial charge >= 0.3 is 0 Å². The summed E-state index contributed by atoms with van der Waals surface area (Å²) in [4.78, 5) is 20.2. The average Bonchev–Trinajstić information content (AvgIpc) is 3.10. The number of amides is 1. The van der Waals surface area contributed by atoms with Crippen molar-refractivity contribution in [2.45, 2.75) is 32.7 Å². The molecule has 146 valence electrons. The van der Waals surface area contributed by atoms with Gasteiger partial charge in [0, 0.05) is 51.7 Å². The maximum atomic E-state index is 11.7. The third-order valence-corrected chi connectivity index (χ3v) is 4.39. The number of guanidine groups is 1. The number of nitrogens with one attached hydrogen (secondary N) is 3. The normalized spacial score (nSPS) is 11.3. The van der Waals surface area contributed by atoms with E-state index in [2.05, 4.69) is 30.5 Å². The van der Waals surface area contributed by atoms with Gasteiger partial charge in [0.05, 0.1) is 0 Å². The van der Waals surface area contributed by atoms with Gasteiger partial charge in [0.2, 0.25) is 0 Å². The highest BCUT2D eigenvalue weighted by Gasteiger charge is 2.04. The van der Waals surface area contributed by atoms with E-state index in [1.54, 1.807) is 14.1 Å². The predicted octanol–water partition coefficient (Wildman–Crippen LogP) is 1.74. The molecule has 0 saturated carbocycles. The lowest BCUT2D eigenvalue weighted by Crippen LogP contribution is -2.38. The van der Waals surface area contributed by atoms with Crippen molar-refractivity contribution < 1.29 is 4.79 Å². The Bertz CT molecular complexity index is 752. The second kappa shape index (κ2) is 11.0. The molecule has 0 bridgehead atoms. The van der Waals surface area contributed by atoms with Crippen molar-refractivity contribution in [2.24, 2.45) is 4.99 Å². The SMILES string of the molecule is CN=C(NCCCCn1ccnc1C)NCCc1cccc(C(=O)NC)c1. The minimum absolute atomic E-state index is 0.0619. The number of hydrogen-bond donors (Lipinski definition) is 3. The number of aryl methyl sites for hydroxylation is 2. The van der Waals surface area contributed by atoms with E-state index in [1.807, 2.05) is 43.6 Å². The summed E-state index contributed by atoms with van der Waals surface area (Å²) in [6, 6.07) is 7.69. The van der Waals surface area contributed by atoms with E-state index in [1.165, 1.54) is 0 Å². The van der Waals surface area contributed by atoms with E-state index in [4.69, 9.17) is 0 Å². The van der Waals surface area contributed by atoms with Gasteiger partial charge in [-0.1, -0.05) is 12.1 Å². The number of carbonyl (C=O) groups is 1. The highest BCUT2D eigenvalue weighted by Crippen LogP contribution is 2.05. The van der Waals surface area contributed by atoms with Crippen LogP contribution in [0.2, 0.25) is 0 Å². The number of unbranched alkanes of at least 4 members (excludes halogenated alkanes) is 1. The van der Waals surface area contributed by atoms with Crippen LogP contribution in [0.4, 0.5) is 0 Å². The van der Waals surface area contributed by atoms with Crippen molar-refractivity contribution in [3.8, 4) is 0 Å². The number of carbonyl (C=O) groups excluding carboxylic acids is 1. The number of hydrogen-bond acceptors (Lipinski definition) is 3. The van der Waals surface area contributed by atoms with E-state index in [0.29, 0.717) is 5.56 Å². The molecule has 2 aromatic rings. The van der Waals surface area contributed by atoms with Gasteiger partial charge in [0.1, 0.15) is 5.82 Å². The Morgan fingerprint density at radius 1 is 1.22 bits per heavy atom. The summed E-state index contributed by atoms with van der Waals surface area (Å²) in [6.07, 6.45) is 6.83. The van der Waals surface area contributed by atoms with E-state index in [0.717, 1.165) is 56.2 Å². The molecule has 2 rings (SSSR count). The number of aromatic nitrogens is 2. The van der Waals surface area contributed by atoms with Crippen LogP contribution in [-0.4, -0.2) is 48.6 Å². The summed E-state index contributed by atoms with van der Waals surface area (Å²) in [6.45, 7) is 4.64. The van der Waals surface area contributed by atoms with Crippen LogP contribution in [0.15, 0.2) is 41.7 Å². The monoisotopic (exact) mass is 370 g/mol. The molecule has 0 aliphatic carbocycles. The molecule has 0 aliphatic heterocycles. The lowest BCUT2D eigenvalue weighted by molar-refractivity contribution is 0.0963. The van der Waals surface area contributed by atoms with Gasteiger partial charge in [0.25, 0.3) is 5.91 Å². The van der Waals surface area contributed by atoms with Gasteiger partial charge in [-0.3, -0.25) is 9.79 Å². The largest absolute Gasteiger partial charge is 0.356 e. The predicted molar refractivity (Wildman–Crippen MR) is 109 cm³/mol. The number of aliphatic imine (C=N–C) groups is 1. The molecule has 0 unspecified atom stereocenters. The number of benzene rings is 1. The molecule has 0 radical (unpaired) electrons. The zero-order valence-electron chi connectivity index (χ0n) is 16.5. The van der Waals surface area contributed by atoms with Crippen molar-refractivity contribution in [3.63, 3.8) is 0 Å². The molecule has 1 heterocycles. The van der Waals surface area contributed by atoms with E-state index in [-0.39, 0.29) is 5.91 Å². The van der Waals surface area contributed by atoms with Crippen LogP contribution >= 0.6 is 0 Å². The molecule has 0 aliphatic rings. The Hall–Kier alpha value is -2.83. The van der Waals surface area contributed by atoms with Crippen LogP contribution in [0.1, 0.15) is 34.6 Å². The van der Waals surface area contributed by atoms with E-state index in [9.17, 15) is 4.79 Å². The molecule has 27 heavy (non-hydrogen) atoms. The molecule has 1 aromatic heterocycles. The Labute approximate surface area is 161 Å². The van der Waals surface area contributed by atoms with Gasteiger partial charge < -0.3 is 20.5 Å². The second-order valence-electron chi connectivity index (χ2n) is 6.33. The molecular weight excluding hydrogens is 340 g/mol. The van der Waals surface area contributed by atoms with Crippen LogP contribution in [0, 0.1) is 6.92 Å². The van der Waals surface area contributed by atoms with Crippen molar-refractivity contribution in [1.29, 1.82) is 0 Å². The Morgan fingerprint density at radius 2 is 2.04 bits per heavy atom. The first-order valence-corrected chi connectivity index (χ1v) is 9.37. The third kappa shape index (κ3) is 6.77. The van der Waals surface area contributed by atoms with E-state index >= 15 is 0 Å². The van der Waals surface area contributed by atoms with Gasteiger partial charge in [0.15, 0.2) is 5.96 Å². The standard InChI is InChI=1S/C20H30N6O/c1-16-23-12-14-26(16)13-5-4-10-24-20(22-3)25-11-9-17-7-6-8-18(15-17)19(27)21-2/h6-8,12,14-15H,4-5,9-11,13H2,1-3H3,(H,21,27)(H2,22,24,25). The lowest BCUT2D eigenvalue weighted by atomic mass is 10.1. The average molecular weight is 371 g/mol. The highest BCUT2D eigenvalue weighted by atomic mass is 16.1. The second-order valence-corrected chi connectivity index (χ2v) is 6.33. The minimum atomic E-state index is -0.0619. The summed E-state index contributed by atoms with van der Waals surface area (Å²) in [5.74, 6) is 1.80. The molecular formula is C20H30N6O. The Kier molecular flexibility index (Phi) is 8.35. The van der Waals surface area contributed by atoms with Crippen molar-refractivity contribution in [3.05, 3.63) is 53.6 Å². The van der Waals surface area contributed by atoms with Crippen LogP contribution in [0.25, 0.3) is 0 Å². The molecule has 7 heteroatoms. The van der Waals surface area contributed by atoms with Crippen molar-refractivity contribution >= 4 is 11.9 Å². The number of imidazole rings is 1. The Balaban J connectivity index is 1.65. The highest BCUT2D eigenvalue weighted by molar-refractivity contribution is 5.94. The molecule has 0 spiro atoms. The minimum Gasteiger partial charge on any atom is -0.356 e. The molecule has 0 saturated heterocycles. The fraction of sp³-hybridized carbons (Fsp3) is 0.450. The molecule has 3 N–H and O–H groups in total. The van der Waals surface area contributed by atoms with Gasteiger partial charge in [-0.05, 0) is 43.9 Å². The maximum Gasteiger partial charge on any atom is 0.251 e. The van der Waals surface area contributed by atoms with Crippen LogP contribution in [0.5, 0.6) is 0 Å². The maximum absolute atomic E-state index is 11.7. The molecule has 7 nitrogen and oxygen atoms in total. The quantitative estimate of drug-likeness (QED) is 0.357. The van der Waals surface area contributed by atoms with Crippen LogP contribution in [0.3, 0.4) is 0 Å². The lowest BCUT2D eigenvalue weighted by Gasteiger charge is -2.12. The first kappa shape index (κ1) is 20.5.